The molecular weight excluding hydrogens is 588 g/mol. The van der Waals surface area contributed by atoms with Crippen LogP contribution in [-0.4, -0.2) is 74.3 Å². The molecular formula is C32H56N2O9S. The van der Waals surface area contributed by atoms with Crippen molar-refractivity contribution in [3.05, 3.63) is 0 Å². The molecule has 0 saturated carbocycles. The number of carbonyl (C=O) groups excluding carboxylic acids is 3. The zero-order valence-corrected chi connectivity index (χ0v) is 27.7. The summed E-state index contributed by atoms with van der Waals surface area (Å²) in [4.78, 5) is 72.3. The van der Waals surface area contributed by atoms with Crippen LogP contribution in [-0.2, 0) is 28.8 Å². The first kappa shape index (κ1) is 41.5. The summed E-state index contributed by atoms with van der Waals surface area (Å²) >= 11 is 1.01. The number of amides is 1. The summed E-state index contributed by atoms with van der Waals surface area (Å²) in [5.41, 5.74) is 5.41. The number of rotatable bonds is 29. The first-order valence-electron chi connectivity index (χ1n) is 16.2. The van der Waals surface area contributed by atoms with E-state index in [9.17, 15) is 39.0 Å². The Hall–Kier alpha value is -2.47. The maximum Gasteiger partial charge on any atom is 0.326 e. The molecule has 11 nitrogen and oxygen atoms in total. The van der Waals surface area contributed by atoms with Gasteiger partial charge in [-0.15, -0.1) is 0 Å². The normalized spacial score (nSPS) is 14.0. The zero-order chi connectivity index (χ0) is 33.5. The molecule has 0 aliphatic rings. The Morgan fingerprint density at radius 1 is 0.682 bits per heavy atom. The highest BCUT2D eigenvalue weighted by Crippen LogP contribution is 2.20. The van der Waals surface area contributed by atoms with Crippen molar-refractivity contribution < 1.29 is 44.1 Å². The van der Waals surface area contributed by atoms with Gasteiger partial charge in [-0.1, -0.05) is 85.0 Å². The standard InChI is InChI=1S/C32H56N2O9S/c1-4-5-6-7-8-9-10-11-12-13-14-15-24(35)19-26(22(2)3)29(37)34-28(32(42)43)17-16-25(36)18-23(30(38)39)20-44-21-27(33)31(40)41/h22-23,26-28H,4-21,33H2,1-3H3,(H,34,37)(H,38,39)(H,40,41)(H,42,43)/t23-,26+,27+,28-/m1/s1. The monoisotopic (exact) mass is 644 g/mol. The molecule has 12 heteroatoms. The van der Waals surface area contributed by atoms with E-state index in [2.05, 4.69) is 12.2 Å². The molecule has 0 bridgehead atoms. The van der Waals surface area contributed by atoms with Crippen molar-refractivity contribution in [3.63, 3.8) is 0 Å². The van der Waals surface area contributed by atoms with Gasteiger partial charge in [-0.25, -0.2) is 4.79 Å². The Balaban J connectivity index is 4.63. The highest BCUT2D eigenvalue weighted by Gasteiger charge is 2.30. The molecule has 0 saturated heterocycles. The minimum absolute atomic E-state index is 0.0146. The fourth-order valence-electron chi connectivity index (χ4n) is 4.81. The molecule has 0 aromatic heterocycles. The average molecular weight is 645 g/mol. The lowest BCUT2D eigenvalue weighted by atomic mass is 9.88. The van der Waals surface area contributed by atoms with E-state index in [0.717, 1.165) is 37.4 Å². The number of aliphatic carboxylic acids is 3. The van der Waals surface area contributed by atoms with Gasteiger partial charge in [-0.05, 0) is 18.8 Å². The summed E-state index contributed by atoms with van der Waals surface area (Å²) in [5, 5.41) is 30.4. The Morgan fingerprint density at radius 3 is 1.68 bits per heavy atom. The van der Waals surface area contributed by atoms with E-state index >= 15 is 0 Å². The Morgan fingerprint density at radius 2 is 1.20 bits per heavy atom. The van der Waals surface area contributed by atoms with Crippen molar-refractivity contribution in [2.45, 2.75) is 136 Å². The second kappa shape index (κ2) is 24.8. The van der Waals surface area contributed by atoms with Crippen molar-refractivity contribution >= 4 is 47.1 Å². The lowest BCUT2D eigenvalue weighted by molar-refractivity contribution is -0.144. The summed E-state index contributed by atoms with van der Waals surface area (Å²) in [6, 6.07) is -2.51. The van der Waals surface area contributed by atoms with E-state index in [1.54, 1.807) is 13.8 Å². The van der Waals surface area contributed by atoms with Gasteiger partial charge in [-0.3, -0.25) is 24.0 Å². The van der Waals surface area contributed by atoms with Crippen molar-refractivity contribution in [1.82, 2.24) is 5.32 Å². The molecule has 44 heavy (non-hydrogen) atoms. The Kier molecular flexibility index (Phi) is 23.4. The van der Waals surface area contributed by atoms with Crippen LogP contribution >= 0.6 is 11.8 Å². The van der Waals surface area contributed by atoms with Crippen molar-refractivity contribution in [2.75, 3.05) is 11.5 Å². The predicted molar refractivity (Wildman–Crippen MR) is 172 cm³/mol. The van der Waals surface area contributed by atoms with E-state index < -0.39 is 53.5 Å². The van der Waals surface area contributed by atoms with Gasteiger partial charge in [0.1, 0.15) is 23.7 Å². The van der Waals surface area contributed by atoms with Gasteiger partial charge in [0.15, 0.2) is 0 Å². The first-order chi connectivity index (χ1) is 20.8. The Labute approximate surface area is 266 Å². The van der Waals surface area contributed by atoms with Gasteiger partial charge < -0.3 is 26.4 Å². The third-order valence-electron chi connectivity index (χ3n) is 7.73. The van der Waals surface area contributed by atoms with Gasteiger partial charge in [0.05, 0.1) is 5.92 Å². The summed E-state index contributed by atoms with van der Waals surface area (Å²) in [6.07, 6.45) is 12.5. The van der Waals surface area contributed by atoms with Crippen LogP contribution in [0, 0.1) is 17.8 Å². The van der Waals surface area contributed by atoms with Crippen LogP contribution in [0.15, 0.2) is 0 Å². The maximum absolute atomic E-state index is 13.0. The second-order valence-electron chi connectivity index (χ2n) is 12.1. The van der Waals surface area contributed by atoms with Crippen LogP contribution in [0.4, 0.5) is 0 Å². The number of hydrogen-bond donors (Lipinski definition) is 5. The topological polar surface area (TPSA) is 201 Å². The largest absolute Gasteiger partial charge is 0.481 e. The SMILES string of the molecule is CCCCCCCCCCCCCC(=O)C[C@H](C(=O)N[C@H](CCC(=O)C[C@H](CSC[C@H](N)C(=O)O)C(=O)O)C(=O)O)C(C)C. The quantitative estimate of drug-likeness (QED) is 0.0680. The van der Waals surface area contributed by atoms with Gasteiger partial charge in [0, 0.05) is 43.1 Å². The van der Waals surface area contributed by atoms with E-state index in [-0.39, 0.29) is 48.9 Å². The van der Waals surface area contributed by atoms with E-state index in [1.165, 1.54) is 44.9 Å². The number of carboxylic acids is 3. The maximum atomic E-state index is 13.0. The number of unbranched alkanes of at least 4 members (excludes halogenated alkanes) is 10. The van der Waals surface area contributed by atoms with Crippen LogP contribution in [0.5, 0.6) is 0 Å². The number of Topliss-reactive ketones (excluding diaryl/α,β-unsaturated/α-hetero) is 2. The fraction of sp³-hybridized carbons (Fsp3) is 0.812. The molecule has 6 N–H and O–H groups in total. The van der Waals surface area contributed by atoms with E-state index in [1.807, 2.05) is 0 Å². The number of nitrogens with one attached hydrogen (secondary N) is 1. The third-order valence-corrected chi connectivity index (χ3v) is 8.96. The highest BCUT2D eigenvalue weighted by molar-refractivity contribution is 7.99. The van der Waals surface area contributed by atoms with Gasteiger partial charge >= 0.3 is 17.9 Å². The molecule has 0 aliphatic carbocycles. The second-order valence-corrected chi connectivity index (χ2v) is 13.2. The van der Waals surface area contributed by atoms with Gasteiger partial charge in [-0.2, -0.15) is 11.8 Å². The summed E-state index contributed by atoms with van der Waals surface area (Å²) in [6.45, 7) is 5.81. The molecule has 0 radical (unpaired) electrons. The van der Waals surface area contributed by atoms with E-state index in [0.29, 0.717) is 6.42 Å². The molecule has 4 atom stereocenters. The van der Waals surface area contributed by atoms with Crippen LogP contribution in [0.2, 0.25) is 0 Å². The molecule has 254 valence electrons. The molecule has 0 fully saturated rings. The van der Waals surface area contributed by atoms with Crippen molar-refractivity contribution in [3.8, 4) is 0 Å². The molecule has 0 rings (SSSR count). The van der Waals surface area contributed by atoms with Crippen LogP contribution < -0.4 is 11.1 Å². The third kappa shape index (κ3) is 20.5. The number of hydrogen-bond acceptors (Lipinski definition) is 8. The smallest absolute Gasteiger partial charge is 0.326 e. The molecule has 0 spiro atoms. The summed E-state index contributed by atoms with van der Waals surface area (Å²) in [5.74, 6) is -6.84. The molecule has 0 unspecified atom stereocenters. The minimum atomic E-state index is -1.36. The fourth-order valence-corrected chi connectivity index (χ4v) is 5.89. The van der Waals surface area contributed by atoms with E-state index in [4.69, 9.17) is 10.8 Å². The van der Waals surface area contributed by atoms with Crippen LogP contribution in [0.3, 0.4) is 0 Å². The van der Waals surface area contributed by atoms with Gasteiger partial charge in [0.2, 0.25) is 5.91 Å². The molecule has 0 aromatic carbocycles. The number of ketones is 2. The molecule has 0 heterocycles. The summed E-state index contributed by atoms with van der Waals surface area (Å²) < 4.78 is 0. The lowest BCUT2D eigenvalue weighted by Gasteiger charge is -2.22. The lowest BCUT2D eigenvalue weighted by Crippen LogP contribution is -2.45. The summed E-state index contributed by atoms with van der Waals surface area (Å²) in [7, 11) is 0. The average Bonchev–Trinajstić information content (AvgIpc) is 2.95. The first-order valence-corrected chi connectivity index (χ1v) is 17.3. The number of carboxylic acid groups (broad SMARTS) is 3. The molecule has 1 amide bonds. The number of thioether (sulfide) groups is 1. The van der Waals surface area contributed by atoms with Crippen molar-refractivity contribution in [2.24, 2.45) is 23.5 Å². The molecule has 0 aliphatic heterocycles. The minimum Gasteiger partial charge on any atom is -0.481 e. The van der Waals surface area contributed by atoms with Crippen LogP contribution in [0.1, 0.15) is 124 Å². The Bertz CT molecular complexity index is 897. The number of carbonyl (C=O) groups is 6. The highest BCUT2D eigenvalue weighted by atomic mass is 32.2. The molecule has 0 aromatic rings. The van der Waals surface area contributed by atoms with Crippen molar-refractivity contribution in [1.29, 1.82) is 0 Å². The van der Waals surface area contributed by atoms with Crippen LogP contribution in [0.25, 0.3) is 0 Å². The predicted octanol–water partition coefficient (Wildman–Crippen LogP) is 5.07. The zero-order valence-electron chi connectivity index (χ0n) is 26.9. The number of nitrogens with two attached hydrogens (primary N) is 1. The van der Waals surface area contributed by atoms with Gasteiger partial charge in [0.25, 0.3) is 0 Å².